The molecule has 6 heteroatoms. The minimum atomic E-state index is -0.502. The summed E-state index contributed by atoms with van der Waals surface area (Å²) in [5.74, 6) is 0. The summed E-state index contributed by atoms with van der Waals surface area (Å²) in [4.78, 5) is 31.5. The van der Waals surface area contributed by atoms with Crippen LogP contribution in [0.25, 0.3) is 20.4 Å². The molecule has 3 aromatic rings. The van der Waals surface area contributed by atoms with Crippen LogP contribution in [-0.4, -0.2) is 15.0 Å². The van der Waals surface area contributed by atoms with Crippen molar-refractivity contribution in [3.63, 3.8) is 0 Å². The molecule has 0 aromatic carbocycles. The van der Waals surface area contributed by atoms with Crippen molar-refractivity contribution in [3.05, 3.63) is 39.2 Å². The lowest BCUT2D eigenvalue weighted by molar-refractivity contribution is 0.886. The van der Waals surface area contributed by atoms with Gasteiger partial charge in [-0.15, -0.1) is 11.3 Å². The van der Waals surface area contributed by atoms with Gasteiger partial charge in [0.1, 0.15) is 10.2 Å². The Morgan fingerprint density at radius 1 is 1.04 bits per heavy atom. The van der Waals surface area contributed by atoms with Crippen molar-refractivity contribution in [3.8, 4) is 0 Å². The van der Waals surface area contributed by atoms with Gasteiger partial charge in [-0.3, -0.25) is 14.8 Å². The predicted octanol–water partition coefficient (Wildman–Crippen LogP) is 4.68. The maximum absolute atomic E-state index is 11.5. The molecule has 0 amide bonds. The number of aromatic amines is 2. The average Bonchev–Trinajstić information content (AvgIpc) is 2.98. The zero-order valence-electron chi connectivity index (χ0n) is 14.8. The number of hydrogen-bond donors (Lipinski definition) is 2. The number of nitrogens with one attached hydrogen (secondary N) is 2. The molecule has 0 saturated heterocycles. The molecule has 0 bridgehead atoms. The molecule has 2 N–H and O–H groups in total. The number of aromatic nitrogens is 3. The van der Waals surface area contributed by atoms with E-state index in [9.17, 15) is 9.59 Å². The number of thiophene rings is 1. The first kappa shape index (κ1) is 21.0. The summed E-state index contributed by atoms with van der Waals surface area (Å²) in [6.45, 7) is 12.4. The van der Waals surface area contributed by atoms with Crippen LogP contribution in [0, 0.1) is 0 Å². The molecule has 3 aromatic heterocycles. The second-order valence-corrected chi connectivity index (χ2v) is 5.12. The van der Waals surface area contributed by atoms with Gasteiger partial charge in [0, 0.05) is 6.20 Å². The third-order valence-corrected chi connectivity index (χ3v) is 3.76. The van der Waals surface area contributed by atoms with Crippen molar-refractivity contribution < 1.29 is 0 Å². The Kier molecular flexibility index (Phi) is 10.6. The summed E-state index contributed by atoms with van der Waals surface area (Å²) in [5, 5.41) is 0. The first-order valence-corrected chi connectivity index (χ1v) is 8.98. The van der Waals surface area contributed by atoms with E-state index in [4.69, 9.17) is 0 Å². The third-order valence-electron chi connectivity index (χ3n) is 2.62. The van der Waals surface area contributed by atoms with E-state index in [0.717, 1.165) is 4.70 Å². The van der Waals surface area contributed by atoms with Gasteiger partial charge in [-0.05, 0) is 12.1 Å². The largest absolute Gasteiger partial charge is 0.326 e. The molecule has 0 unspecified atom stereocenters. The van der Waals surface area contributed by atoms with Crippen LogP contribution < -0.4 is 11.2 Å². The molecule has 3 heterocycles. The number of hydrogen-bond acceptors (Lipinski definition) is 4. The van der Waals surface area contributed by atoms with Crippen LogP contribution >= 0.6 is 11.3 Å². The van der Waals surface area contributed by atoms with Gasteiger partial charge in [0.25, 0.3) is 5.56 Å². The van der Waals surface area contributed by atoms with E-state index < -0.39 is 5.69 Å². The van der Waals surface area contributed by atoms with Crippen molar-refractivity contribution in [1.29, 1.82) is 0 Å². The molecule has 0 aliphatic rings. The van der Waals surface area contributed by atoms with Gasteiger partial charge < -0.3 is 4.98 Å². The predicted molar refractivity (Wildman–Crippen MR) is 102 cm³/mol. The fourth-order valence-corrected chi connectivity index (χ4v) is 2.52. The maximum Gasteiger partial charge on any atom is 0.326 e. The first-order valence-electron chi connectivity index (χ1n) is 8.17. The molecule has 0 fully saturated rings. The van der Waals surface area contributed by atoms with Crippen molar-refractivity contribution >= 4 is 31.8 Å². The lowest BCUT2D eigenvalue weighted by Crippen LogP contribution is -2.20. The second-order valence-electron chi connectivity index (χ2n) is 4.06. The highest BCUT2D eigenvalue weighted by atomic mass is 32.1. The summed E-state index contributed by atoms with van der Waals surface area (Å²) < 4.78 is 1.39. The van der Waals surface area contributed by atoms with Crippen molar-refractivity contribution in [2.75, 3.05) is 0 Å². The molecular weight excluding hydrogens is 310 g/mol. The van der Waals surface area contributed by atoms with E-state index in [1.54, 1.807) is 12.3 Å². The molecule has 0 spiro atoms. The van der Waals surface area contributed by atoms with Crippen LogP contribution in [0.3, 0.4) is 0 Å². The lowest BCUT2D eigenvalue weighted by Gasteiger charge is -1.88. The van der Waals surface area contributed by atoms with Gasteiger partial charge in [0.05, 0.1) is 10.2 Å². The molecule has 0 aliphatic heterocycles. The minimum Gasteiger partial charge on any atom is -0.304 e. The van der Waals surface area contributed by atoms with E-state index in [2.05, 4.69) is 28.8 Å². The van der Waals surface area contributed by atoms with Crippen LogP contribution in [0.1, 0.15) is 54.4 Å². The van der Waals surface area contributed by atoms with Crippen LogP contribution in [-0.2, 0) is 0 Å². The Hall–Kier alpha value is -1.95. The first-order chi connectivity index (χ1) is 11.2. The average molecular weight is 337 g/mol. The molecule has 23 heavy (non-hydrogen) atoms. The maximum atomic E-state index is 11.5. The third kappa shape index (κ3) is 5.63. The Bertz CT molecular complexity index is 801. The van der Waals surface area contributed by atoms with Gasteiger partial charge in [0.15, 0.2) is 0 Å². The standard InChI is InChI=1S/C9H5N3O2S.C4H10.2C2H6/c13-8-7-6(11-9(14)12-8)5-4(15-7)2-1-3-10-5;1-3-4-2;2*1-2/h1-3H,(H2,11,12,13,14);3-4H2,1-2H3;2*1-2H3. The number of H-pyrrole nitrogens is 2. The number of unbranched alkanes of at least 4 members (excludes halogenated alkanes) is 1. The number of fused-ring (bicyclic) bond motifs is 3. The zero-order valence-corrected chi connectivity index (χ0v) is 15.6. The Labute approximate surface area is 140 Å². The second kappa shape index (κ2) is 11.6. The fraction of sp³-hybridized carbons (Fsp3) is 0.471. The molecule has 0 radical (unpaired) electrons. The van der Waals surface area contributed by atoms with Crippen molar-refractivity contribution in [2.45, 2.75) is 54.4 Å². The van der Waals surface area contributed by atoms with Crippen LogP contribution in [0.5, 0.6) is 0 Å². The van der Waals surface area contributed by atoms with E-state index in [1.807, 2.05) is 33.8 Å². The topological polar surface area (TPSA) is 78.6 Å². The smallest absolute Gasteiger partial charge is 0.304 e. The van der Waals surface area contributed by atoms with Gasteiger partial charge in [-0.1, -0.05) is 54.4 Å². The Balaban J connectivity index is 0.000000523. The Morgan fingerprint density at radius 3 is 2.22 bits per heavy atom. The highest BCUT2D eigenvalue weighted by molar-refractivity contribution is 7.25. The molecule has 128 valence electrons. The van der Waals surface area contributed by atoms with Gasteiger partial charge in [0.2, 0.25) is 0 Å². The molecule has 0 saturated carbocycles. The molecule has 5 nitrogen and oxygen atoms in total. The number of pyridine rings is 1. The molecule has 0 aliphatic carbocycles. The van der Waals surface area contributed by atoms with Crippen molar-refractivity contribution in [2.24, 2.45) is 0 Å². The number of rotatable bonds is 1. The highest BCUT2D eigenvalue weighted by Crippen LogP contribution is 2.26. The summed E-state index contributed by atoms with van der Waals surface area (Å²) in [6, 6.07) is 3.66. The summed E-state index contributed by atoms with van der Waals surface area (Å²) >= 11 is 1.32. The van der Waals surface area contributed by atoms with E-state index in [1.165, 1.54) is 24.2 Å². The highest BCUT2D eigenvalue weighted by Gasteiger charge is 2.09. The summed E-state index contributed by atoms with van der Waals surface area (Å²) in [7, 11) is 0. The molecular formula is C17H27N3O2S. The summed E-state index contributed by atoms with van der Waals surface area (Å²) in [6.07, 6.45) is 4.27. The minimum absolute atomic E-state index is 0.364. The van der Waals surface area contributed by atoms with Gasteiger partial charge >= 0.3 is 5.69 Å². The Morgan fingerprint density at radius 2 is 1.65 bits per heavy atom. The lowest BCUT2D eigenvalue weighted by atomic mass is 10.3. The van der Waals surface area contributed by atoms with E-state index in [-0.39, 0.29) is 5.56 Å². The SMILES string of the molecule is CC.CC.CCCC.O=c1[nH]c(=O)c2sc3cccnc3c2[nH]1. The monoisotopic (exact) mass is 337 g/mol. The summed E-state index contributed by atoms with van der Waals surface area (Å²) in [5.41, 5.74) is 0.319. The van der Waals surface area contributed by atoms with E-state index >= 15 is 0 Å². The van der Waals surface area contributed by atoms with Gasteiger partial charge in [-0.25, -0.2) is 4.79 Å². The van der Waals surface area contributed by atoms with Crippen molar-refractivity contribution in [1.82, 2.24) is 15.0 Å². The fourth-order valence-electron chi connectivity index (χ4n) is 1.51. The van der Waals surface area contributed by atoms with Crippen LogP contribution in [0.2, 0.25) is 0 Å². The zero-order chi connectivity index (χ0) is 17.8. The van der Waals surface area contributed by atoms with E-state index in [0.29, 0.717) is 15.7 Å². The van der Waals surface area contributed by atoms with Crippen LogP contribution in [0.4, 0.5) is 0 Å². The quantitative estimate of drug-likeness (QED) is 0.676. The van der Waals surface area contributed by atoms with Crippen LogP contribution in [0.15, 0.2) is 27.9 Å². The molecule has 0 atom stereocenters. The normalized spacial score (nSPS) is 9.13. The number of nitrogens with zero attached hydrogens (tertiary/aromatic N) is 1. The van der Waals surface area contributed by atoms with Gasteiger partial charge in [-0.2, -0.15) is 0 Å². The molecule has 3 rings (SSSR count).